The highest BCUT2D eigenvalue weighted by atomic mass is 79.9. The largest absolute Gasteiger partial charge is 0.294 e. The van der Waals surface area contributed by atoms with Crippen molar-refractivity contribution in [3.8, 4) is 0 Å². The molecule has 1 atom stereocenters. The number of fused-ring (bicyclic) bond motifs is 1. The Morgan fingerprint density at radius 3 is 2.93 bits per heavy atom. The molecule has 0 aliphatic carbocycles. The third-order valence-electron chi connectivity index (χ3n) is 2.80. The highest BCUT2D eigenvalue weighted by molar-refractivity contribution is 9.10. The van der Waals surface area contributed by atoms with Crippen molar-refractivity contribution in [2.24, 2.45) is 5.92 Å². The van der Waals surface area contributed by atoms with Crippen molar-refractivity contribution in [3.63, 3.8) is 0 Å². The molecule has 3 heteroatoms. The Hall–Kier alpha value is -0.280. The Labute approximate surface area is 103 Å². The molecule has 0 amide bonds. The summed E-state index contributed by atoms with van der Waals surface area (Å²) in [6.45, 7) is 4.09. The number of hydrogen-bond acceptors (Lipinski definition) is 2. The number of benzene rings is 1. The molecule has 0 radical (unpaired) electrons. The molecule has 1 unspecified atom stereocenters. The van der Waals surface area contributed by atoms with Crippen LogP contribution in [0.5, 0.6) is 0 Å². The maximum atomic E-state index is 12.2. The van der Waals surface area contributed by atoms with E-state index in [1.807, 2.05) is 24.8 Å². The molecule has 0 bridgehead atoms. The van der Waals surface area contributed by atoms with E-state index in [0.29, 0.717) is 0 Å². The molecule has 1 aromatic rings. The van der Waals surface area contributed by atoms with E-state index in [1.54, 1.807) is 0 Å². The third kappa shape index (κ3) is 2.00. The van der Waals surface area contributed by atoms with Gasteiger partial charge in [0, 0.05) is 27.5 Å². The second-order valence-electron chi connectivity index (χ2n) is 4.00. The average Bonchev–Trinajstić information content (AvgIpc) is 2.35. The molecule has 0 N–H and O–H groups in total. The number of carbonyl (C=O) groups is 1. The summed E-state index contributed by atoms with van der Waals surface area (Å²) in [6, 6.07) is 4.06. The second-order valence-corrected chi connectivity index (χ2v) is 5.88. The van der Waals surface area contributed by atoms with Gasteiger partial charge in [0.15, 0.2) is 5.78 Å². The maximum absolute atomic E-state index is 12.2. The molecule has 1 aromatic carbocycles. The van der Waals surface area contributed by atoms with Gasteiger partial charge in [0.25, 0.3) is 0 Å². The highest BCUT2D eigenvalue weighted by Gasteiger charge is 2.25. The standard InChI is InChI=1S/C12H13BrOS/c1-7-3-4-10(13)11-9(7)6-15-5-8(2)12(11)14/h3-4,8H,5-6H2,1-2H3. The van der Waals surface area contributed by atoms with Crippen LogP contribution < -0.4 is 0 Å². The molecule has 1 aliphatic rings. The lowest BCUT2D eigenvalue weighted by Gasteiger charge is -2.11. The quantitative estimate of drug-likeness (QED) is 0.720. The molecule has 0 saturated heterocycles. The van der Waals surface area contributed by atoms with E-state index in [0.717, 1.165) is 21.5 Å². The topological polar surface area (TPSA) is 17.1 Å². The zero-order valence-corrected chi connectivity index (χ0v) is 11.2. The maximum Gasteiger partial charge on any atom is 0.167 e. The summed E-state index contributed by atoms with van der Waals surface area (Å²) in [5.74, 6) is 2.30. The Balaban J connectivity index is 2.62. The van der Waals surface area contributed by atoms with Crippen LogP contribution in [0.3, 0.4) is 0 Å². The van der Waals surface area contributed by atoms with Gasteiger partial charge in [-0.3, -0.25) is 4.79 Å². The number of thioether (sulfide) groups is 1. The number of rotatable bonds is 0. The lowest BCUT2D eigenvalue weighted by molar-refractivity contribution is 0.0941. The van der Waals surface area contributed by atoms with E-state index in [4.69, 9.17) is 0 Å². The second kappa shape index (κ2) is 4.30. The van der Waals surface area contributed by atoms with Crippen LogP contribution in [-0.4, -0.2) is 11.5 Å². The van der Waals surface area contributed by atoms with Gasteiger partial charge in [-0.1, -0.05) is 28.9 Å². The molecule has 1 nitrogen and oxygen atoms in total. The molecule has 0 spiro atoms. The Kier molecular flexibility index (Phi) is 3.21. The molecule has 15 heavy (non-hydrogen) atoms. The molecule has 1 heterocycles. The van der Waals surface area contributed by atoms with Gasteiger partial charge >= 0.3 is 0 Å². The lowest BCUT2D eigenvalue weighted by Crippen LogP contribution is -2.13. The Morgan fingerprint density at radius 1 is 1.47 bits per heavy atom. The predicted molar refractivity (Wildman–Crippen MR) is 68.5 cm³/mol. The van der Waals surface area contributed by atoms with Crippen LogP contribution in [0.15, 0.2) is 16.6 Å². The van der Waals surface area contributed by atoms with Crippen molar-refractivity contribution >= 4 is 33.5 Å². The molecule has 0 saturated carbocycles. The number of ketones is 1. The lowest BCUT2D eigenvalue weighted by atomic mass is 9.94. The van der Waals surface area contributed by atoms with Crippen LogP contribution in [0.1, 0.15) is 28.4 Å². The predicted octanol–water partition coefficient (Wildman–Crippen LogP) is 3.82. The van der Waals surface area contributed by atoms with Gasteiger partial charge in [0.2, 0.25) is 0 Å². The van der Waals surface area contributed by atoms with Crippen LogP contribution in [0.4, 0.5) is 0 Å². The van der Waals surface area contributed by atoms with Crippen molar-refractivity contribution in [1.29, 1.82) is 0 Å². The van der Waals surface area contributed by atoms with Gasteiger partial charge < -0.3 is 0 Å². The fraction of sp³-hybridized carbons (Fsp3) is 0.417. The van der Waals surface area contributed by atoms with E-state index in [2.05, 4.69) is 28.9 Å². The van der Waals surface area contributed by atoms with Crippen molar-refractivity contribution in [2.45, 2.75) is 19.6 Å². The zero-order valence-electron chi connectivity index (χ0n) is 8.84. The monoisotopic (exact) mass is 284 g/mol. The van der Waals surface area contributed by atoms with E-state index in [9.17, 15) is 4.79 Å². The van der Waals surface area contributed by atoms with Crippen molar-refractivity contribution < 1.29 is 4.79 Å². The Bertz CT molecular complexity index is 414. The fourth-order valence-electron chi connectivity index (χ4n) is 1.84. The highest BCUT2D eigenvalue weighted by Crippen LogP contribution is 2.33. The van der Waals surface area contributed by atoms with Gasteiger partial charge in [0.05, 0.1) is 0 Å². The van der Waals surface area contributed by atoms with Crippen molar-refractivity contribution in [2.75, 3.05) is 5.75 Å². The van der Waals surface area contributed by atoms with Gasteiger partial charge in [-0.15, -0.1) is 0 Å². The van der Waals surface area contributed by atoms with Crippen LogP contribution in [0, 0.1) is 12.8 Å². The number of halogens is 1. The summed E-state index contributed by atoms with van der Waals surface area (Å²) in [4.78, 5) is 12.2. The fourth-order valence-corrected chi connectivity index (χ4v) is 3.60. The smallest absolute Gasteiger partial charge is 0.167 e. The van der Waals surface area contributed by atoms with E-state index >= 15 is 0 Å². The molecule has 80 valence electrons. The first-order valence-electron chi connectivity index (χ1n) is 5.01. The van der Waals surface area contributed by atoms with Gasteiger partial charge in [-0.2, -0.15) is 11.8 Å². The van der Waals surface area contributed by atoms with E-state index in [1.165, 1.54) is 11.1 Å². The summed E-state index contributed by atoms with van der Waals surface area (Å²) >= 11 is 5.34. The summed E-state index contributed by atoms with van der Waals surface area (Å²) in [5.41, 5.74) is 3.35. The van der Waals surface area contributed by atoms with Crippen LogP contribution >= 0.6 is 27.7 Å². The van der Waals surface area contributed by atoms with Crippen molar-refractivity contribution in [1.82, 2.24) is 0 Å². The van der Waals surface area contributed by atoms with Crippen LogP contribution in [0.2, 0.25) is 0 Å². The normalized spacial score (nSPS) is 21.0. The molecular formula is C12H13BrOS. The van der Waals surface area contributed by atoms with Gasteiger partial charge in [-0.05, 0) is 24.1 Å². The first kappa shape index (κ1) is 11.2. The minimum absolute atomic E-state index is 0.134. The van der Waals surface area contributed by atoms with E-state index in [-0.39, 0.29) is 11.7 Å². The first-order valence-corrected chi connectivity index (χ1v) is 6.96. The molecular weight excluding hydrogens is 272 g/mol. The van der Waals surface area contributed by atoms with Crippen molar-refractivity contribution in [3.05, 3.63) is 33.3 Å². The molecule has 2 rings (SSSR count). The molecule has 1 aliphatic heterocycles. The SMILES string of the molecule is Cc1ccc(Br)c2c1CSCC(C)C2=O. The zero-order chi connectivity index (χ0) is 11.0. The van der Waals surface area contributed by atoms with Gasteiger partial charge in [-0.25, -0.2) is 0 Å². The van der Waals surface area contributed by atoms with Crippen LogP contribution in [0.25, 0.3) is 0 Å². The van der Waals surface area contributed by atoms with E-state index < -0.39 is 0 Å². The molecule has 0 fully saturated rings. The van der Waals surface area contributed by atoms with Crippen LogP contribution in [-0.2, 0) is 5.75 Å². The number of Topliss-reactive ketones (excluding diaryl/α,β-unsaturated/α-hetero) is 1. The summed E-state index contributed by atoms with van der Waals surface area (Å²) < 4.78 is 0.947. The summed E-state index contributed by atoms with van der Waals surface area (Å²) in [5, 5.41) is 0. The average molecular weight is 285 g/mol. The summed E-state index contributed by atoms with van der Waals surface area (Å²) in [6.07, 6.45) is 0. The first-order chi connectivity index (χ1) is 7.11. The number of aryl methyl sites for hydroxylation is 1. The number of hydrogen-bond donors (Lipinski definition) is 0. The Morgan fingerprint density at radius 2 is 2.20 bits per heavy atom. The minimum atomic E-state index is 0.134. The summed E-state index contributed by atoms with van der Waals surface area (Å²) in [7, 11) is 0. The van der Waals surface area contributed by atoms with Gasteiger partial charge in [0.1, 0.15) is 0 Å². The number of carbonyl (C=O) groups excluding carboxylic acids is 1. The minimum Gasteiger partial charge on any atom is -0.294 e. The molecule has 0 aromatic heterocycles. The third-order valence-corrected chi connectivity index (χ3v) is 4.69.